The molecule has 2 fully saturated rings. The van der Waals surface area contributed by atoms with E-state index < -0.39 is 9.84 Å². The van der Waals surface area contributed by atoms with Crippen molar-refractivity contribution in [1.82, 2.24) is 20.1 Å². The van der Waals surface area contributed by atoms with E-state index in [1.807, 2.05) is 42.5 Å². The van der Waals surface area contributed by atoms with E-state index in [0.29, 0.717) is 43.3 Å². The minimum Gasteiger partial charge on any atom is -0.381 e. The summed E-state index contributed by atoms with van der Waals surface area (Å²) in [5, 5.41) is 10.3. The van der Waals surface area contributed by atoms with Gasteiger partial charge in [0.2, 0.25) is 0 Å². The fraction of sp³-hybridized carbons (Fsp3) is 0.375. The molecule has 9 nitrogen and oxygen atoms in total. The highest BCUT2D eigenvalue weighted by molar-refractivity contribution is 7.91. The Hall–Kier alpha value is -3.08. The van der Waals surface area contributed by atoms with E-state index in [2.05, 4.69) is 25.4 Å². The number of hydrogen-bond acceptors (Lipinski definition) is 7. The lowest BCUT2D eigenvalue weighted by molar-refractivity contribution is 0.102. The second-order valence-corrected chi connectivity index (χ2v) is 11.1. The maximum atomic E-state index is 12.8. The molecule has 0 radical (unpaired) electrons. The fourth-order valence-electron chi connectivity index (χ4n) is 4.22. The molecule has 2 aliphatic heterocycles. The first-order valence-electron chi connectivity index (χ1n) is 11.4. The number of nitrogens with zero attached hydrogens (tertiary/aromatic N) is 3. The van der Waals surface area contributed by atoms with Crippen molar-refractivity contribution >= 4 is 21.4 Å². The maximum absolute atomic E-state index is 12.8. The summed E-state index contributed by atoms with van der Waals surface area (Å²) in [6.07, 6.45) is 0.945. The van der Waals surface area contributed by atoms with Gasteiger partial charge in [-0.2, -0.15) is 5.10 Å². The lowest BCUT2D eigenvalue weighted by Gasteiger charge is -2.26. The molecule has 0 spiro atoms. The molecule has 3 heterocycles. The van der Waals surface area contributed by atoms with Crippen molar-refractivity contribution < 1.29 is 17.9 Å². The van der Waals surface area contributed by atoms with Crippen molar-refractivity contribution in [3.8, 4) is 11.4 Å². The number of amides is 1. The number of carbonyl (C=O) groups excluding carboxylic acids is 1. The van der Waals surface area contributed by atoms with Gasteiger partial charge in [0.1, 0.15) is 5.82 Å². The Balaban J connectivity index is 1.20. The third-order valence-electron chi connectivity index (χ3n) is 6.25. The number of sulfone groups is 1. The average molecular weight is 482 g/mol. The van der Waals surface area contributed by atoms with Crippen molar-refractivity contribution in [3.05, 3.63) is 65.5 Å². The summed E-state index contributed by atoms with van der Waals surface area (Å²) in [6, 6.07) is 14.9. The summed E-state index contributed by atoms with van der Waals surface area (Å²) < 4.78 is 28.7. The molecule has 34 heavy (non-hydrogen) atoms. The first-order chi connectivity index (χ1) is 16.4. The number of ether oxygens (including phenoxy) is 1. The van der Waals surface area contributed by atoms with Gasteiger partial charge in [-0.05, 0) is 48.4 Å². The van der Waals surface area contributed by atoms with Gasteiger partial charge in [-0.1, -0.05) is 12.1 Å². The molecule has 10 heteroatoms. The van der Waals surface area contributed by atoms with Gasteiger partial charge in [-0.3, -0.25) is 14.8 Å². The van der Waals surface area contributed by atoms with Gasteiger partial charge in [0.05, 0.1) is 18.1 Å². The molecule has 0 bridgehead atoms. The summed E-state index contributed by atoms with van der Waals surface area (Å²) in [5.41, 5.74) is 3.09. The minimum atomic E-state index is -2.91. The van der Waals surface area contributed by atoms with Crippen molar-refractivity contribution in [2.45, 2.75) is 18.9 Å². The third kappa shape index (κ3) is 5.35. The lowest BCUT2D eigenvalue weighted by atomic mass is 10.1. The first kappa shape index (κ1) is 22.7. The van der Waals surface area contributed by atoms with Gasteiger partial charge < -0.3 is 10.1 Å². The van der Waals surface area contributed by atoms with E-state index in [0.717, 1.165) is 30.0 Å². The van der Waals surface area contributed by atoms with Crippen LogP contribution in [0.1, 0.15) is 34.1 Å². The first-order valence-corrected chi connectivity index (χ1v) is 13.2. The van der Waals surface area contributed by atoms with E-state index in [1.54, 1.807) is 6.07 Å². The van der Waals surface area contributed by atoms with Crippen LogP contribution in [0.3, 0.4) is 0 Å². The van der Waals surface area contributed by atoms with E-state index in [4.69, 9.17) is 4.74 Å². The molecular formula is C24H27N5O4S. The minimum absolute atomic E-state index is 0.188. The second kappa shape index (κ2) is 9.65. The van der Waals surface area contributed by atoms with Crippen molar-refractivity contribution in [1.29, 1.82) is 0 Å². The van der Waals surface area contributed by atoms with Crippen LogP contribution in [0.25, 0.3) is 11.4 Å². The number of hydrogen-bond donors (Lipinski definition) is 2. The SMILES string of the molecule is O=C(Nc1ccc(-c2n[nH]c(C3CCOC3)n2)cc1)c1cccc(CN2CCS(=O)(=O)CC2)c1. The van der Waals surface area contributed by atoms with Gasteiger partial charge in [0.15, 0.2) is 15.7 Å². The Labute approximate surface area is 198 Å². The Morgan fingerprint density at radius 1 is 1.15 bits per heavy atom. The van der Waals surface area contributed by atoms with Crippen LogP contribution in [0.4, 0.5) is 5.69 Å². The van der Waals surface area contributed by atoms with Gasteiger partial charge >= 0.3 is 0 Å². The zero-order valence-corrected chi connectivity index (χ0v) is 19.6. The molecule has 0 saturated carbocycles. The molecule has 1 atom stereocenters. The van der Waals surface area contributed by atoms with Crippen molar-refractivity contribution in [2.75, 3.05) is 43.1 Å². The molecule has 3 aromatic rings. The topological polar surface area (TPSA) is 117 Å². The Morgan fingerprint density at radius 2 is 1.94 bits per heavy atom. The number of benzene rings is 2. The molecule has 1 aromatic heterocycles. The molecule has 5 rings (SSSR count). The summed E-state index contributed by atoms with van der Waals surface area (Å²) in [5.74, 6) is 1.91. The van der Waals surface area contributed by atoms with E-state index in [-0.39, 0.29) is 23.3 Å². The van der Waals surface area contributed by atoms with Crippen LogP contribution < -0.4 is 5.32 Å². The summed E-state index contributed by atoms with van der Waals surface area (Å²) >= 11 is 0. The van der Waals surface area contributed by atoms with Crippen LogP contribution in [0.2, 0.25) is 0 Å². The Bertz CT molecular complexity index is 1250. The number of rotatable bonds is 6. The maximum Gasteiger partial charge on any atom is 0.255 e. The average Bonchev–Trinajstić information content (AvgIpc) is 3.53. The smallest absolute Gasteiger partial charge is 0.255 e. The van der Waals surface area contributed by atoms with Gasteiger partial charge in [-0.15, -0.1) is 0 Å². The molecule has 0 aliphatic carbocycles. The normalized spacial score (nSPS) is 20.3. The molecule has 2 aromatic carbocycles. The van der Waals surface area contributed by atoms with Crippen LogP contribution in [-0.4, -0.2) is 72.2 Å². The van der Waals surface area contributed by atoms with Crippen molar-refractivity contribution in [3.63, 3.8) is 0 Å². The number of aromatic nitrogens is 3. The molecule has 2 aliphatic rings. The molecule has 1 unspecified atom stereocenters. The highest BCUT2D eigenvalue weighted by Crippen LogP contribution is 2.25. The standard InChI is InChI=1S/C24H27N5O4S/c30-24(19-3-1-2-17(14-19)15-29-9-12-34(31,32)13-10-29)25-21-6-4-18(5-7-21)22-26-23(28-27-22)20-8-11-33-16-20/h1-7,14,20H,8-13,15-16H2,(H,25,30)(H,26,27,28). The summed E-state index contributed by atoms with van der Waals surface area (Å²) in [4.78, 5) is 19.5. The number of anilines is 1. The van der Waals surface area contributed by atoms with Gasteiger partial charge in [0.25, 0.3) is 5.91 Å². The van der Waals surface area contributed by atoms with Crippen LogP contribution in [-0.2, 0) is 21.1 Å². The van der Waals surface area contributed by atoms with Crippen LogP contribution >= 0.6 is 0 Å². The fourth-order valence-corrected chi connectivity index (χ4v) is 5.50. The largest absolute Gasteiger partial charge is 0.381 e. The molecule has 178 valence electrons. The highest BCUT2D eigenvalue weighted by Gasteiger charge is 2.22. The number of nitrogens with one attached hydrogen (secondary N) is 2. The quantitative estimate of drug-likeness (QED) is 0.555. The van der Waals surface area contributed by atoms with E-state index in [1.165, 1.54) is 0 Å². The lowest BCUT2D eigenvalue weighted by Crippen LogP contribution is -2.39. The predicted molar refractivity (Wildman–Crippen MR) is 128 cm³/mol. The van der Waals surface area contributed by atoms with E-state index >= 15 is 0 Å². The van der Waals surface area contributed by atoms with Crippen molar-refractivity contribution in [2.24, 2.45) is 0 Å². The third-order valence-corrected chi connectivity index (χ3v) is 7.86. The zero-order valence-electron chi connectivity index (χ0n) is 18.7. The molecule has 2 N–H and O–H groups in total. The number of aromatic amines is 1. The molecule has 2 saturated heterocycles. The number of H-pyrrole nitrogens is 1. The van der Waals surface area contributed by atoms with Crippen LogP contribution in [0.15, 0.2) is 48.5 Å². The highest BCUT2D eigenvalue weighted by atomic mass is 32.2. The molecular weight excluding hydrogens is 454 g/mol. The zero-order chi connectivity index (χ0) is 23.5. The monoisotopic (exact) mass is 481 g/mol. The summed E-state index contributed by atoms with van der Waals surface area (Å²) in [6.45, 7) is 3.08. The van der Waals surface area contributed by atoms with Gasteiger partial charge in [-0.25, -0.2) is 13.4 Å². The van der Waals surface area contributed by atoms with E-state index in [9.17, 15) is 13.2 Å². The second-order valence-electron chi connectivity index (χ2n) is 8.76. The summed E-state index contributed by atoms with van der Waals surface area (Å²) in [7, 11) is -2.91. The molecule has 1 amide bonds. The van der Waals surface area contributed by atoms with Gasteiger partial charge in [0, 0.05) is 49.0 Å². The Morgan fingerprint density at radius 3 is 2.68 bits per heavy atom. The van der Waals surface area contributed by atoms with Crippen LogP contribution in [0.5, 0.6) is 0 Å². The number of carbonyl (C=O) groups is 1. The Kier molecular flexibility index (Phi) is 6.44. The van der Waals surface area contributed by atoms with Crippen LogP contribution in [0, 0.1) is 0 Å². The predicted octanol–water partition coefficient (Wildman–Crippen LogP) is 2.46.